The molecule has 5 rings (SSSR count). The van der Waals surface area contributed by atoms with Gasteiger partial charge >= 0.3 is 0 Å². The summed E-state index contributed by atoms with van der Waals surface area (Å²) in [5.74, 6) is 1.42. The molecule has 3 aliphatic rings. The first-order valence-electron chi connectivity index (χ1n) is 10.3. The smallest absolute Gasteiger partial charge is 0.135 e. The molecule has 0 saturated carbocycles. The van der Waals surface area contributed by atoms with Crippen molar-refractivity contribution in [1.29, 1.82) is 0 Å². The molecule has 1 radical (unpaired) electrons. The van der Waals surface area contributed by atoms with E-state index in [4.69, 9.17) is 4.74 Å². The molecule has 0 aliphatic carbocycles. The van der Waals surface area contributed by atoms with Crippen LogP contribution in [0.15, 0.2) is 48.5 Å². The van der Waals surface area contributed by atoms with Gasteiger partial charge < -0.3 is 10.1 Å². The molecule has 1 N–H and O–H groups in total. The highest BCUT2D eigenvalue weighted by Gasteiger charge is 2.41. The highest BCUT2D eigenvalue weighted by Crippen LogP contribution is 2.34. The van der Waals surface area contributed by atoms with Crippen LogP contribution in [0.1, 0.15) is 17.9 Å². The van der Waals surface area contributed by atoms with E-state index in [0.29, 0.717) is 24.4 Å². The third-order valence-corrected chi connectivity index (χ3v) is 6.46. The first-order valence-corrected chi connectivity index (χ1v) is 10.3. The largest absolute Gasteiger partial charge is 0.457 e. The van der Waals surface area contributed by atoms with Gasteiger partial charge in [0.15, 0.2) is 0 Å². The van der Waals surface area contributed by atoms with Gasteiger partial charge in [0.25, 0.3) is 0 Å². The molecule has 2 atom stereocenters. The van der Waals surface area contributed by atoms with E-state index < -0.39 is 6.17 Å². The number of nitrogens with zero attached hydrogens (tertiary/aromatic N) is 2. The van der Waals surface area contributed by atoms with Gasteiger partial charge in [0.2, 0.25) is 0 Å². The number of rotatable bonds is 5. The number of hydrogen-bond donors (Lipinski definition) is 1. The number of likely N-dealkylation sites (tertiary alicyclic amines) is 2. The van der Waals surface area contributed by atoms with Crippen LogP contribution >= 0.6 is 0 Å². The molecule has 3 fully saturated rings. The second-order valence-electron chi connectivity index (χ2n) is 8.23. The summed E-state index contributed by atoms with van der Waals surface area (Å²) < 4.78 is 20.8. The molecule has 3 aliphatic heterocycles. The fourth-order valence-corrected chi connectivity index (χ4v) is 4.52. The van der Waals surface area contributed by atoms with E-state index >= 15 is 0 Å². The Labute approximate surface area is 166 Å². The van der Waals surface area contributed by atoms with Gasteiger partial charge in [-0.05, 0) is 42.8 Å². The van der Waals surface area contributed by atoms with Crippen LogP contribution in [0.2, 0.25) is 0 Å². The molecule has 2 aromatic rings. The Morgan fingerprint density at radius 3 is 2.43 bits per heavy atom. The summed E-state index contributed by atoms with van der Waals surface area (Å²) in [5.41, 5.74) is 1.03. The normalized spacial score (nSPS) is 27.2. The average molecular weight is 380 g/mol. The third kappa shape index (κ3) is 3.66. The molecule has 4 nitrogen and oxygen atoms in total. The summed E-state index contributed by atoms with van der Waals surface area (Å²) in [4.78, 5) is 4.89. The van der Waals surface area contributed by atoms with E-state index in [1.807, 2.05) is 48.5 Å². The number of piperidine rings is 1. The van der Waals surface area contributed by atoms with Gasteiger partial charge in [-0.3, -0.25) is 9.80 Å². The molecule has 2 aromatic carbocycles. The molecule has 3 saturated heterocycles. The maximum Gasteiger partial charge on any atom is 0.135 e. The lowest BCUT2D eigenvalue weighted by molar-refractivity contribution is -0.0325. The molecule has 5 heteroatoms. The SMILES string of the molecule is F[C@@H]1CN(C2CN(C3CNC3)C2)CC[C@H]1c1c[c]c(Oc2ccccc2)cc1. The van der Waals surface area contributed by atoms with Gasteiger partial charge in [0.1, 0.15) is 17.7 Å². The molecular weight excluding hydrogens is 353 g/mol. The number of para-hydroxylation sites is 1. The molecular formula is C23H27FN3O. The second kappa shape index (κ2) is 7.82. The topological polar surface area (TPSA) is 27.7 Å². The third-order valence-electron chi connectivity index (χ3n) is 6.46. The molecule has 0 spiro atoms. The van der Waals surface area contributed by atoms with E-state index in [-0.39, 0.29) is 5.92 Å². The maximum atomic E-state index is 15.0. The van der Waals surface area contributed by atoms with Crippen molar-refractivity contribution < 1.29 is 9.13 Å². The van der Waals surface area contributed by atoms with Crippen LogP contribution < -0.4 is 10.1 Å². The Balaban J connectivity index is 1.15. The molecule has 3 heterocycles. The molecule has 0 aromatic heterocycles. The maximum absolute atomic E-state index is 15.0. The number of alkyl halides is 1. The number of nitrogens with one attached hydrogen (secondary N) is 1. The Hall–Kier alpha value is -1.95. The van der Waals surface area contributed by atoms with Crippen molar-refractivity contribution in [3.8, 4) is 11.5 Å². The molecule has 28 heavy (non-hydrogen) atoms. The Morgan fingerprint density at radius 2 is 1.79 bits per heavy atom. The van der Waals surface area contributed by atoms with E-state index in [1.54, 1.807) is 0 Å². The van der Waals surface area contributed by atoms with Crippen LogP contribution in [0.4, 0.5) is 4.39 Å². The van der Waals surface area contributed by atoms with Crippen molar-refractivity contribution in [3.05, 3.63) is 60.2 Å². The van der Waals surface area contributed by atoms with E-state index in [2.05, 4.69) is 21.2 Å². The number of hydrogen-bond acceptors (Lipinski definition) is 4. The number of benzene rings is 2. The van der Waals surface area contributed by atoms with Gasteiger partial charge in [-0.1, -0.05) is 24.3 Å². The monoisotopic (exact) mass is 380 g/mol. The zero-order chi connectivity index (χ0) is 18.9. The minimum absolute atomic E-state index is 0.0368. The second-order valence-corrected chi connectivity index (χ2v) is 8.23. The van der Waals surface area contributed by atoms with Gasteiger partial charge in [-0.15, -0.1) is 0 Å². The summed E-state index contributed by atoms with van der Waals surface area (Å²) >= 11 is 0. The zero-order valence-electron chi connectivity index (χ0n) is 16.1. The number of halogens is 1. The fraction of sp³-hybridized carbons (Fsp3) is 0.478. The molecule has 0 bridgehead atoms. The van der Waals surface area contributed by atoms with Crippen LogP contribution in [0.3, 0.4) is 0 Å². The molecule has 147 valence electrons. The summed E-state index contributed by atoms with van der Waals surface area (Å²) in [5, 5.41) is 3.33. The quantitative estimate of drug-likeness (QED) is 0.863. The van der Waals surface area contributed by atoms with E-state index in [1.165, 1.54) is 0 Å². The van der Waals surface area contributed by atoms with Crippen molar-refractivity contribution >= 4 is 0 Å². The first kappa shape index (κ1) is 18.1. The minimum Gasteiger partial charge on any atom is -0.457 e. The molecule has 0 amide bonds. The summed E-state index contributed by atoms with van der Waals surface area (Å²) in [6, 6.07) is 19.9. The van der Waals surface area contributed by atoms with Crippen molar-refractivity contribution in [3.63, 3.8) is 0 Å². The lowest BCUT2D eigenvalue weighted by Gasteiger charge is -2.53. The van der Waals surface area contributed by atoms with Crippen LogP contribution in [-0.2, 0) is 0 Å². The lowest BCUT2D eigenvalue weighted by Crippen LogP contribution is -2.69. The van der Waals surface area contributed by atoms with Crippen LogP contribution in [0, 0.1) is 6.07 Å². The summed E-state index contributed by atoms with van der Waals surface area (Å²) in [6.07, 6.45) is 0.0533. The lowest BCUT2D eigenvalue weighted by atomic mass is 9.86. The zero-order valence-corrected chi connectivity index (χ0v) is 16.1. The Kier molecular flexibility index (Phi) is 5.05. The van der Waals surface area contributed by atoms with Gasteiger partial charge in [-0.2, -0.15) is 0 Å². The average Bonchev–Trinajstić information content (AvgIpc) is 2.64. The predicted octanol–water partition coefficient (Wildman–Crippen LogP) is 3.06. The minimum atomic E-state index is -0.817. The highest BCUT2D eigenvalue weighted by molar-refractivity contribution is 5.33. The summed E-state index contributed by atoms with van der Waals surface area (Å²) in [6.45, 7) is 5.96. The van der Waals surface area contributed by atoms with Crippen molar-refractivity contribution in [1.82, 2.24) is 15.1 Å². The number of ether oxygens (including phenoxy) is 1. The van der Waals surface area contributed by atoms with Gasteiger partial charge in [0.05, 0.1) is 0 Å². The predicted molar refractivity (Wildman–Crippen MR) is 108 cm³/mol. The van der Waals surface area contributed by atoms with Crippen molar-refractivity contribution in [2.75, 3.05) is 39.3 Å². The van der Waals surface area contributed by atoms with Crippen molar-refractivity contribution in [2.45, 2.75) is 30.6 Å². The van der Waals surface area contributed by atoms with Gasteiger partial charge in [0, 0.05) is 56.8 Å². The first-order chi connectivity index (χ1) is 13.8. The van der Waals surface area contributed by atoms with Gasteiger partial charge in [-0.25, -0.2) is 4.39 Å². The highest BCUT2D eigenvalue weighted by atomic mass is 19.1. The van der Waals surface area contributed by atoms with Crippen molar-refractivity contribution in [2.24, 2.45) is 0 Å². The van der Waals surface area contributed by atoms with E-state index in [0.717, 1.165) is 50.5 Å². The molecule has 0 unspecified atom stereocenters. The Bertz CT molecular complexity index is 774. The Morgan fingerprint density at radius 1 is 0.964 bits per heavy atom. The standard InChI is InChI=1S/C23H27FN3O/c24-23-16-26(19-14-27(15-19)18-12-25-13-18)11-10-22(23)17-6-8-21(9-7-17)28-20-4-2-1-3-5-20/h1-8,18-19,22-23,25H,10-16H2/t22-,23+/m0/s1. The van der Waals surface area contributed by atoms with E-state index in [9.17, 15) is 4.39 Å². The summed E-state index contributed by atoms with van der Waals surface area (Å²) in [7, 11) is 0. The van der Waals surface area contributed by atoms with Crippen LogP contribution in [0.5, 0.6) is 11.5 Å². The van der Waals surface area contributed by atoms with Crippen LogP contribution in [-0.4, -0.2) is 67.3 Å². The van der Waals surface area contributed by atoms with Crippen LogP contribution in [0.25, 0.3) is 0 Å². The fourth-order valence-electron chi connectivity index (χ4n) is 4.52.